The van der Waals surface area contributed by atoms with Crippen molar-refractivity contribution >= 4 is 15.8 Å². The van der Waals surface area contributed by atoms with E-state index in [1.807, 2.05) is 11.8 Å². The van der Waals surface area contributed by atoms with Gasteiger partial charge in [0.15, 0.2) is 15.8 Å². The minimum Gasteiger partial charge on any atom is -0.396 e. The molecule has 0 aromatic heterocycles. The molecule has 6 nitrogen and oxygen atoms in total. The van der Waals surface area contributed by atoms with Crippen LogP contribution >= 0.6 is 0 Å². The van der Waals surface area contributed by atoms with Gasteiger partial charge in [-0.25, -0.2) is 8.42 Å². The number of guanidine groups is 1. The van der Waals surface area contributed by atoms with E-state index in [1.165, 1.54) is 0 Å². The molecule has 23 heavy (non-hydrogen) atoms. The van der Waals surface area contributed by atoms with Gasteiger partial charge in [-0.2, -0.15) is 0 Å². The molecule has 136 valence electrons. The Labute approximate surface area is 141 Å². The van der Waals surface area contributed by atoms with E-state index in [9.17, 15) is 8.42 Å². The van der Waals surface area contributed by atoms with E-state index >= 15 is 0 Å². The van der Waals surface area contributed by atoms with Gasteiger partial charge >= 0.3 is 0 Å². The van der Waals surface area contributed by atoms with Gasteiger partial charge < -0.3 is 15.3 Å². The Morgan fingerprint density at radius 2 is 2.04 bits per heavy atom. The second kappa shape index (κ2) is 8.87. The normalized spacial score (nSPS) is 22.0. The Morgan fingerprint density at radius 1 is 1.35 bits per heavy atom. The summed E-state index contributed by atoms with van der Waals surface area (Å²) in [5.41, 5.74) is 0. The third-order valence-electron chi connectivity index (χ3n) is 4.41. The van der Waals surface area contributed by atoms with Gasteiger partial charge in [0.25, 0.3) is 0 Å². The van der Waals surface area contributed by atoms with Crippen LogP contribution in [0.25, 0.3) is 0 Å². The Balaban J connectivity index is 2.83. The lowest BCUT2D eigenvalue weighted by molar-refractivity contribution is 0.253. The molecular formula is C16H33N3O3S. The summed E-state index contributed by atoms with van der Waals surface area (Å²) < 4.78 is 23.5. The second-order valence-electron chi connectivity index (χ2n) is 6.86. The summed E-state index contributed by atoms with van der Waals surface area (Å²) in [5.74, 6) is 1.33. The molecule has 1 unspecified atom stereocenters. The highest BCUT2D eigenvalue weighted by Gasteiger charge is 2.40. The minimum absolute atomic E-state index is 0.166. The van der Waals surface area contributed by atoms with Gasteiger partial charge in [-0.3, -0.25) is 4.99 Å². The van der Waals surface area contributed by atoms with Crippen LogP contribution in [0.3, 0.4) is 0 Å². The molecule has 1 rings (SSSR count). The average molecular weight is 348 g/mol. The number of hydrogen-bond donors (Lipinski definition) is 2. The molecule has 0 bridgehead atoms. The molecule has 1 heterocycles. The summed E-state index contributed by atoms with van der Waals surface area (Å²) in [7, 11) is -3.05. The predicted octanol–water partition coefficient (Wildman–Crippen LogP) is 1.26. The van der Waals surface area contributed by atoms with Crippen LogP contribution in [0.15, 0.2) is 4.99 Å². The first-order valence-corrected chi connectivity index (χ1v) is 10.3. The van der Waals surface area contributed by atoms with Crippen LogP contribution in [-0.4, -0.2) is 67.7 Å². The standard InChI is InChI=1S/C16H33N3O3S/c1-5-7-14(8-10-20)12-18-15(17-6-2)19-9-11-23(21,22)16(3,4)13-19/h14,20H,5-13H2,1-4H3,(H,17,18). The number of rotatable bonds is 7. The summed E-state index contributed by atoms with van der Waals surface area (Å²) in [6, 6.07) is 0. The smallest absolute Gasteiger partial charge is 0.194 e. The molecule has 1 saturated heterocycles. The first-order chi connectivity index (χ1) is 10.8. The van der Waals surface area contributed by atoms with Gasteiger partial charge in [-0.1, -0.05) is 13.3 Å². The first kappa shape index (κ1) is 20.2. The Morgan fingerprint density at radius 3 is 2.57 bits per heavy atom. The number of nitrogens with zero attached hydrogens (tertiary/aromatic N) is 2. The lowest BCUT2D eigenvalue weighted by Gasteiger charge is -2.39. The van der Waals surface area contributed by atoms with E-state index in [0.717, 1.165) is 31.8 Å². The molecule has 0 amide bonds. The monoisotopic (exact) mass is 347 g/mol. The molecule has 2 N–H and O–H groups in total. The maximum atomic E-state index is 12.2. The average Bonchev–Trinajstić information content (AvgIpc) is 2.47. The van der Waals surface area contributed by atoms with Crippen LogP contribution in [0.2, 0.25) is 0 Å². The number of aliphatic imine (C=N–C) groups is 1. The van der Waals surface area contributed by atoms with Gasteiger partial charge in [-0.15, -0.1) is 0 Å². The van der Waals surface area contributed by atoms with E-state index in [2.05, 4.69) is 12.2 Å². The predicted molar refractivity (Wildman–Crippen MR) is 95.5 cm³/mol. The molecule has 0 aliphatic carbocycles. The number of aliphatic hydroxyl groups excluding tert-OH is 1. The zero-order valence-electron chi connectivity index (χ0n) is 15.0. The number of aliphatic hydroxyl groups is 1. The molecule has 1 fully saturated rings. The van der Waals surface area contributed by atoms with Crippen molar-refractivity contribution in [2.75, 3.05) is 38.5 Å². The highest BCUT2D eigenvalue weighted by Crippen LogP contribution is 2.24. The highest BCUT2D eigenvalue weighted by atomic mass is 32.2. The molecule has 0 spiro atoms. The van der Waals surface area contributed by atoms with E-state index in [4.69, 9.17) is 10.1 Å². The lowest BCUT2D eigenvalue weighted by Crippen LogP contribution is -2.57. The molecule has 0 saturated carbocycles. The molecule has 1 aliphatic heterocycles. The van der Waals surface area contributed by atoms with Crippen molar-refractivity contribution in [3.8, 4) is 0 Å². The Bertz CT molecular complexity index is 483. The maximum Gasteiger partial charge on any atom is 0.194 e. The van der Waals surface area contributed by atoms with Crippen LogP contribution in [0, 0.1) is 5.92 Å². The SMILES string of the molecule is CCCC(CCO)CN=C(NCC)N1CCS(=O)(=O)C(C)(C)C1. The van der Waals surface area contributed by atoms with Crippen molar-refractivity contribution < 1.29 is 13.5 Å². The van der Waals surface area contributed by atoms with Crippen LogP contribution < -0.4 is 5.32 Å². The number of nitrogens with one attached hydrogen (secondary N) is 1. The zero-order chi connectivity index (χ0) is 17.5. The van der Waals surface area contributed by atoms with Crippen molar-refractivity contribution in [1.82, 2.24) is 10.2 Å². The van der Waals surface area contributed by atoms with Gasteiger partial charge in [-0.05, 0) is 39.5 Å². The largest absolute Gasteiger partial charge is 0.396 e. The van der Waals surface area contributed by atoms with E-state index in [-0.39, 0.29) is 12.4 Å². The Hall–Kier alpha value is -0.820. The molecule has 7 heteroatoms. The highest BCUT2D eigenvalue weighted by molar-refractivity contribution is 7.92. The third kappa shape index (κ3) is 5.64. The fourth-order valence-electron chi connectivity index (χ4n) is 2.88. The molecule has 0 aromatic rings. The van der Waals surface area contributed by atoms with Crippen molar-refractivity contribution in [2.45, 2.75) is 51.7 Å². The number of hydrogen-bond acceptors (Lipinski definition) is 4. The van der Waals surface area contributed by atoms with Crippen molar-refractivity contribution in [3.63, 3.8) is 0 Å². The zero-order valence-corrected chi connectivity index (χ0v) is 15.8. The summed E-state index contributed by atoms with van der Waals surface area (Å²) in [6.07, 6.45) is 2.88. The van der Waals surface area contributed by atoms with Crippen LogP contribution in [0.5, 0.6) is 0 Å². The minimum atomic E-state index is -3.05. The summed E-state index contributed by atoms with van der Waals surface area (Å²) in [4.78, 5) is 6.76. The maximum absolute atomic E-state index is 12.2. The van der Waals surface area contributed by atoms with Gasteiger partial charge in [0, 0.05) is 32.8 Å². The topological polar surface area (TPSA) is 82.0 Å². The van der Waals surface area contributed by atoms with E-state index < -0.39 is 14.6 Å². The summed E-state index contributed by atoms with van der Waals surface area (Å²) in [6.45, 7) is 10.3. The molecular weight excluding hydrogens is 314 g/mol. The fraction of sp³-hybridized carbons (Fsp3) is 0.938. The van der Waals surface area contributed by atoms with Crippen molar-refractivity contribution in [1.29, 1.82) is 0 Å². The van der Waals surface area contributed by atoms with Crippen LogP contribution in [0.1, 0.15) is 47.0 Å². The fourth-order valence-corrected chi connectivity index (χ4v) is 4.25. The van der Waals surface area contributed by atoms with Crippen molar-refractivity contribution in [3.05, 3.63) is 0 Å². The number of sulfone groups is 1. The van der Waals surface area contributed by atoms with Gasteiger partial charge in [0.1, 0.15) is 0 Å². The lowest BCUT2D eigenvalue weighted by atomic mass is 10.0. The third-order valence-corrected chi connectivity index (χ3v) is 6.94. The summed E-state index contributed by atoms with van der Waals surface area (Å²) in [5, 5.41) is 12.4. The van der Waals surface area contributed by atoms with Crippen molar-refractivity contribution in [2.24, 2.45) is 10.9 Å². The first-order valence-electron chi connectivity index (χ1n) is 8.63. The van der Waals surface area contributed by atoms with Gasteiger partial charge in [0.2, 0.25) is 0 Å². The molecule has 1 atom stereocenters. The van der Waals surface area contributed by atoms with E-state index in [1.54, 1.807) is 13.8 Å². The molecule has 0 aromatic carbocycles. The van der Waals surface area contributed by atoms with E-state index in [0.29, 0.717) is 25.6 Å². The van der Waals surface area contributed by atoms with Crippen LogP contribution in [-0.2, 0) is 9.84 Å². The quantitative estimate of drug-likeness (QED) is 0.535. The molecule has 1 aliphatic rings. The summed E-state index contributed by atoms with van der Waals surface area (Å²) >= 11 is 0. The second-order valence-corrected chi connectivity index (χ2v) is 9.60. The van der Waals surface area contributed by atoms with Gasteiger partial charge in [0.05, 0.1) is 10.5 Å². The van der Waals surface area contributed by atoms with Crippen LogP contribution in [0.4, 0.5) is 0 Å². The Kier molecular flexibility index (Phi) is 7.80. The molecule has 0 radical (unpaired) electrons.